The fraction of sp³-hybridized carbons (Fsp3) is 0.333. The van der Waals surface area contributed by atoms with Crippen molar-refractivity contribution in [1.82, 2.24) is 0 Å². The Hall–Kier alpha value is -1.65. The van der Waals surface area contributed by atoms with Crippen LogP contribution in [0, 0.1) is 0 Å². The molecule has 0 fully saturated rings. The van der Waals surface area contributed by atoms with Crippen LogP contribution < -0.4 is 10.4 Å². The topological polar surface area (TPSA) is 0 Å². The standard InChI is InChI=1S/C24H34Si2/c1-24(2,3)21-15-17-23(18-16-21)26(6,7)20-12-11-19-25(4,5)22-13-9-8-10-14-22/h8-20H,1-7H3/b19-11-,20-12+. The minimum atomic E-state index is -1.55. The molecule has 2 rings (SSSR count). The Balaban J connectivity index is 2.11. The molecule has 0 aliphatic carbocycles. The molecule has 138 valence electrons. The van der Waals surface area contributed by atoms with Crippen LogP contribution in [0.3, 0.4) is 0 Å². The van der Waals surface area contributed by atoms with Crippen LogP contribution >= 0.6 is 0 Å². The normalized spacial score (nSPS) is 13.7. The van der Waals surface area contributed by atoms with Crippen molar-refractivity contribution in [2.75, 3.05) is 0 Å². The largest absolute Gasteiger partial charge is 0.104 e. The second kappa shape index (κ2) is 7.93. The van der Waals surface area contributed by atoms with E-state index in [1.54, 1.807) is 0 Å². The second-order valence-corrected chi connectivity index (χ2v) is 18.1. The highest BCUT2D eigenvalue weighted by Gasteiger charge is 2.21. The minimum absolute atomic E-state index is 0.219. The molecule has 0 aromatic heterocycles. The van der Waals surface area contributed by atoms with Crippen LogP contribution in [0.4, 0.5) is 0 Å². The smallest absolute Gasteiger partial charge is 0.0903 e. The lowest BCUT2D eigenvalue weighted by Gasteiger charge is -2.23. The molecule has 0 bridgehead atoms. The molecule has 0 amide bonds. The van der Waals surface area contributed by atoms with E-state index in [1.807, 2.05) is 0 Å². The van der Waals surface area contributed by atoms with E-state index < -0.39 is 16.1 Å². The van der Waals surface area contributed by atoms with Crippen LogP contribution in [-0.2, 0) is 5.41 Å². The van der Waals surface area contributed by atoms with E-state index in [4.69, 9.17) is 0 Å². The van der Waals surface area contributed by atoms with Crippen molar-refractivity contribution in [3.8, 4) is 0 Å². The van der Waals surface area contributed by atoms with Crippen LogP contribution in [0.2, 0.25) is 26.2 Å². The van der Waals surface area contributed by atoms with Crippen LogP contribution in [0.25, 0.3) is 0 Å². The molecule has 2 heteroatoms. The van der Waals surface area contributed by atoms with E-state index in [0.717, 1.165) is 0 Å². The van der Waals surface area contributed by atoms with Crippen molar-refractivity contribution in [2.24, 2.45) is 0 Å². The fourth-order valence-electron chi connectivity index (χ4n) is 3.05. The summed E-state index contributed by atoms with van der Waals surface area (Å²) in [6.07, 6.45) is 4.55. The van der Waals surface area contributed by atoms with Gasteiger partial charge in [-0.1, -0.05) is 135 Å². The first-order chi connectivity index (χ1) is 12.0. The van der Waals surface area contributed by atoms with E-state index in [1.165, 1.54) is 15.9 Å². The quantitative estimate of drug-likeness (QED) is 0.462. The van der Waals surface area contributed by atoms with Gasteiger partial charge in [0.05, 0.1) is 0 Å². The van der Waals surface area contributed by atoms with Gasteiger partial charge in [-0.05, 0) is 11.0 Å². The summed E-state index contributed by atoms with van der Waals surface area (Å²) < 4.78 is 0. The lowest BCUT2D eigenvalue weighted by Crippen LogP contribution is -2.40. The molecule has 0 aliphatic heterocycles. The third-order valence-electron chi connectivity index (χ3n) is 5.15. The maximum Gasteiger partial charge on any atom is 0.104 e. The molecule has 26 heavy (non-hydrogen) atoms. The van der Waals surface area contributed by atoms with Crippen molar-refractivity contribution in [3.63, 3.8) is 0 Å². The molecular weight excluding hydrogens is 344 g/mol. The third kappa shape index (κ3) is 5.42. The van der Waals surface area contributed by atoms with E-state index in [2.05, 4.69) is 125 Å². The molecule has 0 nitrogen and oxygen atoms in total. The minimum Gasteiger partial charge on any atom is -0.0903 e. The summed E-state index contributed by atoms with van der Waals surface area (Å²) in [6, 6.07) is 20.2. The summed E-state index contributed by atoms with van der Waals surface area (Å²) in [7, 11) is -3.05. The zero-order chi connectivity index (χ0) is 19.4. The zero-order valence-electron chi connectivity index (χ0n) is 17.5. The van der Waals surface area contributed by atoms with Gasteiger partial charge in [-0.15, -0.1) is 0 Å². The lowest BCUT2D eigenvalue weighted by atomic mass is 9.87. The SMILES string of the molecule is CC(C)(C)c1ccc([Si](C)(C)/C=C/C=C\[Si](C)(C)c2ccccc2)cc1. The molecule has 0 aliphatic rings. The van der Waals surface area contributed by atoms with E-state index >= 15 is 0 Å². The summed E-state index contributed by atoms with van der Waals surface area (Å²) in [5, 5.41) is 2.98. The van der Waals surface area contributed by atoms with E-state index in [-0.39, 0.29) is 5.41 Å². The Labute approximate surface area is 162 Å². The van der Waals surface area contributed by atoms with Crippen LogP contribution in [0.1, 0.15) is 26.3 Å². The molecule has 0 atom stereocenters. The predicted octanol–water partition coefficient (Wildman–Crippen LogP) is 5.71. The first-order valence-electron chi connectivity index (χ1n) is 9.56. The molecule has 0 N–H and O–H groups in total. The second-order valence-electron chi connectivity index (χ2n) is 9.35. The number of rotatable bonds is 5. The van der Waals surface area contributed by atoms with Gasteiger partial charge in [0, 0.05) is 0 Å². The van der Waals surface area contributed by atoms with Crippen molar-refractivity contribution < 1.29 is 0 Å². The average molecular weight is 379 g/mol. The van der Waals surface area contributed by atoms with Gasteiger partial charge in [0.1, 0.15) is 16.1 Å². The third-order valence-corrected chi connectivity index (χ3v) is 10.8. The Morgan fingerprint density at radius 2 is 1.04 bits per heavy atom. The van der Waals surface area contributed by atoms with Crippen molar-refractivity contribution >= 4 is 26.5 Å². The Kier molecular flexibility index (Phi) is 6.30. The van der Waals surface area contributed by atoms with Crippen molar-refractivity contribution in [3.05, 3.63) is 83.7 Å². The van der Waals surface area contributed by atoms with Crippen molar-refractivity contribution in [1.29, 1.82) is 0 Å². The summed E-state index contributed by atoms with van der Waals surface area (Å²) in [6.45, 7) is 16.5. The first-order valence-corrected chi connectivity index (χ1v) is 15.7. The van der Waals surface area contributed by atoms with E-state index in [0.29, 0.717) is 0 Å². The van der Waals surface area contributed by atoms with Gasteiger partial charge < -0.3 is 0 Å². The maximum atomic E-state index is 2.45. The van der Waals surface area contributed by atoms with E-state index in [9.17, 15) is 0 Å². The number of allylic oxidation sites excluding steroid dienone is 2. The van der Waals surface area contributed by atoms with Crippen LogP contribution in [0.15, 0.2) is 78.1 Å². The highest BCUT2D eigenvalue weighted by molar-refractivity contribution is 6.94. The first kappa shape index (κ1) is 20.7. The monoisotopic (exact) mass is 378 g/mol. The van der Waals surface area contributed by atoms with Gasteiger partial charge in [-0.25, -0.2) is 0 Å². The molecule has 0 saturated heterocycles. The number of hydrogen-bond acceptors (Lipinski definition) is 0. The zero-order valence-corrected chi connectivity index (χ0v) is 19.5. The Morgan fingerprint density at radius 1 is 0.615 bits per heavy atom. The lowest BCUT2D eigenvalue weighted by molar-refractivity contribution is 0.590. The van der Waals surface area contributed by atoms with Crippen LogP contribution in [0.5, 0.6) is 0 Å². The molecule has 0 spiro atoms. The molecular formula is C24H34Si2. The summed E-state index contributed by atoms with van der Waals surface area (Å²) in [5.41, 5.74) is 6.51. The molecule has 0 heterocycles. The molecule has 2 aromatic carbocycles. The highest BCUT2D eigenvalue weighted by Crippen LogP contribution is 2.21. The van der Waals surface area contributed by atoms with Gasteiger partial charge in [0.2, 0.25) is 0 Å². The Morgan fingerprint density at radius 3 is 1.46 bits per heavy atom. The fourth-order valence-corrected chi connectivity index (χ4v) is 6.70. The molecule has 0 unspecified atom stereocenters. The van der Waals surface area contributed by atoms with Gasteiger partial charge in [0.25, 0.3) is 0 Å². The average Bonchev–Trinajstić information content (AvgIpc) is 2.59. The van der Waals surface area contributed by atoms with Crippen molar-refractivity contribution in [2.45, 2.75) is 52.4 Å². The predicted molar refractivity (Wildman–Crippen MR) is 124 cm³/mol. The number of hydrogen-bond donors (Lipinski definition) is 0. The summed E-state index contributed by atoms with van der Waals surface area (Å²) in [4.78, 5) is 0. The van der Waals surface area contributed by atoms with Crippen LogP contribution in [-0.4, -0.2) is 16.1 Å². The van der Waals surface area contributed by atoms with Gasteiger partial charge in [-0.2, -0.15) is 0 Å². The van der Waals surface area contributed by atoms with Gasteiger partial charge >= 0.3 is 0 Å². The highest BCUT2D eigenvalue weighted by atomic mass is 28.3. The summed E-state index contributed by atoms with van der Waals surface area (Å²) in [5.74, 6) is 0. The molecule has 0 saturated carbocycles. The Bertz CT molecular complexity index is 758. The molecule has 2 aromatic rings. The molecule has 0 radical (unpaired) electrons. The number of benzene rings is 2. The summed E-state index contributed by atoms with van der Waals surface area (Å²) >= 11 is 0. The van der Waals surface area contributed by atoms with Gasteiger partial charge in [0.15, 0.2) is 0 Å². The van der Waals surface area contributed by atoms with Gasteiger partial charge in [-0.3, -0.25) is 0 Å². The maximum absolute atomic E-state index is 2.45.